The van der Waals surface area contributed by atoms with Crippen LogP contribution in [0.5, 0.6) is 0 Å². The van der Waals surface area contributed by atoms with Gasteiger partial charge < -0.3 is 12.4 Å². The summed E-state index contributed by atoms with van der Waals surface area (Å²) < 4.78 is 0. The van der Waals surface area contributed by atoms with Gasteiger partial charge in [0.05, 0.1) is 22.7 Å². The zero-order valence-electron chi connectivity index (χ0n) is 18.0. The zero-order chi connectivity index (χ0) is 21.6. The van der Waals surface area contributed by atoms with Crippen molar-refractivity contribution in [3.05, 3.63) is 119 Å². The Morgan fingerprint density at radius 2 is 0.529 bits per heavy atom. The van der Waals surface area contributed by atoms with Gasteiger partial charge in [0.2, 0.25) is 0 Å². The Morgan fingerprint density at radius 1 is 0.324 bits per heavy atom. The summed E-state index contributed by atoms with van der Waals surface area (Å²) >= 11 is 0. The van der Waals surface area contributed by atoms with Gasteiger partial charge in [-0.2, -0.15) is 0 Å². The number of para-hydroxylation sites is 4. The normalized spacial score (nSPS) is 11.8. The Kier molecular flexibility index (Phi) is 8.98. The average Bonchev–Trinajstić information content (AvgIpc) is 2.85. The number of nitrogens with zero attached hydrogens (tertiary/aromatic N) is 4. The molecule has 1 aliphatic rings. The molecular formula is C28H20ClN4Pt+. The van der Waals surface area contributed by atoms with Crippen LogP contribution in [-0.4, -0.2) is 24.9 Å². The molecule has 0 bridgehead atoms. The molecule has 1 aliphatic heterocycles. The van der Waals surface area contributed by atoms with E-state index in [1.54, 1.807) is 0 Å². The molecule has 0 saturated carbocycles. The molecule has 0 aromatic heterocycles. The van der Waals surface area contributed by atoms with Crippen molar-refractivity contribution >= 4 is 47.6 Å². The van der Waals surface area contributed by atoms with Crippen LogP contribution in [0.3, 0.4) is 0 Å². The van der Waals surface area contributed by atoms with Crippen molar-refractivity contribution < 1.29 is 33.5 Å². The Balaban J connectivity index is 0.00000162. The molecule has 0 amide bonds. The fourth-order valence-corrected chi connectivity index (χ4v) is 3.41. The smallest absolute Gasteiger partial charge is 1.00 e. The van der Waals surface area contributed by atoms with Crippen LogP contribution in [-0.2, 0) is 21.1 Å². The predicted molar refractivity (Wildman–Crippen MR) is 135 cm³/mol. The van der Waals surface area contributed by atoms with Gasteiger partial charge in [-0.3, -0.25) is 20.0 Å². The maximum atomic E-state index is 4.74. The summed E-state index contributed by atoms with van der Waals surface area (Å²) in [6.45, 7) is 0. The van der Waals surface area contributed by atoms with Crippen molar-refractivity contribution in [2.75, 3.05) is 0 Å². The second kappa shape index (κ2) is 12.1. The molecule has 0 atom stereocenters. The third-order valence-corrected chi connectivity index (χ3v) is 5.12. The zero-order valence-corrected chi connectivity index (χ0v) is 21.1. The summed E-state index contributed by atoms with van der Waals surface area (Å²) in [6, 6.07) is 31.8. The maximum absolute atomic E-state index is 4.74. The van der Waals surface area contributed by atoms with Crippen LogP contribution >= 0.6 is 0 Å². The number of fused-ring (bicyclic) bond motifs is 4. The average molecular weight is 643 g/mol. The minimum atomic E-state index is 0. The molecule has 1 heterocycles. The first-order chi connectivity index (χ1) is 15.9. The fourth-order valence-electron chi connectivity index (χ4n) is 3.41. The van der Waals surface area contributed by atoms with Crippen LogP contribution < -0.4 is 12.4 Å². The summed E-state index contributed by atoms with van der Waals surface area (Å²) in [5.74, 6) is 0. The molecule has 4 nitrogen and oxygen atoms in total. The van der Waals surface area contributed by atoms with Crippen molar-refractivity contribution in [3.8, 4) is 0 Å². The molecule has 0 N–H and O–H groups in total. The van der Waals surface area contributed by atoms with Gasteiger partial charge in [0.1, 0.15) is 0 Å². The van der Waals surface area contributed by atoms with E-state index in [9.17, 15) is 0 Å². The fraction of sp³-hybridized carbons (Fsp3) is 0. The van der Waals surface area contributed by atoms with E-state index < -0.39 is 0 Å². The number of aliphatic imine (C=N–C) groups is 4. The van der Waals surface area contributed by atoms with Crippen molar-refractivity contribution in [2.24, 2.45) is 20.0 Å². The third kappa shape index (κ3) is 5.91. The first-order valence-electron chi connectivity index (χ1n) is 10.4. The van der Waals surface area contributed by atoms with E-state index in [1.165, 1.54) is 0 Å². The molecule has 0 fully saturated rings. The Labute approximate surface area is 219 Å². The Bertz CT molecular complexity index is 1080. The molecule has 0 spiro atoms. The molecule has 0 aliphatic carbocycles. The second-order valence-corrected chi connectivity index (χ2v) is 7.27. The van der Waals surface area contributed by atoms with E-state index in [-0.39, 0.29) is 33.5 Å². The topological polar surface area (TPSA) is 49.4 Å². The van der Waals surface area contributed by atoms with Crippen LogP contribution in [0.15, 0.2) is 117 Å². The van der Waals surface area contributed by atoms with Gasteiger partial charge in [0.25, 0.3) is 0 Å². The molecular weight excluding hydrogens is 623 g/mol. The van der Waals surface area contributed by atoms with E-state index in [0.717, 1.165) is 45.0 Å². The van der Waals surface area contributed by atoms with E-state index in [0.29, 0.717) is 0 Å². The minimum Gasteiger partial charge on any atom is -1.00 e. The third-order valence-electron chi connectivity index (χ3n) is 5.12. The number of hydrogen-bond acceptors (Lipinski definition) is 4. The molecule has 168 valence electrons. The van der Waals surface area contributed by atoms with Crippen LogP contribution in [0, 0.1) is 0 Å². The van der Waals surface area contributed by atoms with Crippen molar-refractivity contribution in [3.63, 3.8) is 0 Å². The van der Waals surface area contributed by atoms with Crippen LogP contribution in [0.2, 0.25) is 0 Å². The number of rotatable bonds is 0. The number of halogens is 1. The second-order valence-electron chi connectivity index (χ2n) is 7.27. The largest absolute Gasteiger partial charge is 2.00 e. The number of benzene rings is 4. The summed E-state index contributed by atoms with van der Waals surface area (Å²) in [7, 11) is 0. The molecule has 4 aromatic rings. The molecule has 6 heteroatoms. The van der Waals surface area contributed by atoms with Gasteiger partial charge in [-0.25, -0.2) is 0 Å². The van der Waals surface area contributed by atoms with Crippen molar-refractivity contribution in [1.82, 2.24) is 0 Å². The molecule has 5 rings (SSSR count). The summed E-state index contributed by atoms with van der Waals surface area (Å²) in [5.41, 5.74) is 7.14. The van der Waals surface area contributed by atoms with Gasteiger partial charge in [-0.05, 0) is 24.3 Å². The molecule has 0 unspecified atom stereocenters. The molecule has 0 saturated heterocycles. The van der Waals surface area contributed by atoms with Crippen LogP contribution in [0.4, 0.5) is 22.7 Å². The van der Waals surface area contributed by atoms with Gasteiger partial charge in [-0.1, -0.05) is 72.8 Å². The quantitative estimate of drug-likeness (QED) is 0.245. The van der Waals surface area contributed by atoms with Crippen molar-refractivity contribution in [2.45, 2.75) is 0 Å². The SMILES string of the molecule is C1=Nc2ccccc2C=Nc2ccccc2C=Nc2ccccc2C=Nc2ccccc21.[Cl-].[Pt+2]. The first kappa shape index (κ1) is 25.2. The Hall–Kier alpha value is -3.46. The maximum Gasteiger partial charge on any atom is 2.00 e. The van der Waals surface area contributed by atoms with Gasteiger partial charge in [0.15, 0.2) is 0 Å². The first-order valence-corrected chi connectivity index (χ1v) is 10.4. The summed E-state index contributed by atoms with van der Waals surface area (Å²) in [6.07, 6.45) is 7.40. The molecule has 34 heavy (non-hydrogen) atoms. The van der Waals surface area contributed by atoms with Gasteiger partial charge in [-0.15, -0.1) is 0 Å². The van der Waals surface area contributed by atoms with Crippen LogP contribution in [0.1, 0.15) is 22.3 Å². The predicted octanol–water partition coefficient (Wildman–Crippen LogP) is 4.00. The van der Waals surface area contributed by atoms with Gasteiger partial charge >= 0.3 is 21.1 Å². The van der Waals surface area contributed by atoms with Crippen LogP contribution in [0.25, 0.3) is 0 Å². The number of hydrogen-bond donors (Lipinski definition) is 0. The van der Waals surface area contributed by atoms with E-state index in [1.807, 2.05) is 122 Å². The standard InChI is InChI=1S/C28H20N4.ClH.Pt/c1-5-13-25-21(9-1)17-29-26-14-6-2-11-23(26)19-31-28-16-8-4-12-24(28)20-32-27-15-7-3-10-22(27)18-30-25;;/h1-20H;1H;/q;;+2/p-1. The Morgan fingerprint density at radius 3 is 0.765 bits per heavy atom. The molecule has 4 aromatic carbocycles. The van der Waals surface area contributed by atoms with E-state index in [2.05, 4.69) is 0 Å². The van der Waals surface area contributed by atoms with E-state index >= 15 is 0 Å². The minimum absolute atomic E-state index is 0. The monoisotopic (exact) mass is 642 g/mol. The van der Waals surface area contributed by atoms with E-state index in [4.69, 9.17) is 20.0 Å². The molecule has 0 radical (unpaired) electrons. The summed E-state index contributed by atoms with van der Waals surface area (Å²) in [5, 5.41) is 0. The summed E-state index contributed by atoms with van der Waals surface area (Å²) in [4.78, 5) is 19.0. The van der Waals surface area contributed by atoms with Gasteiger partial charge in [0, 0.05) is 47.1 Å². The van der Waals surface area contributed by atoms with Crippen molar-refractivity contribution in [1.29, 1.82) is 0 Å².